The van der Waals surface area contributed by atoms with Gasteiger partial charge in [-0.25, -0.2) is 4.98 Å². The Morgan fingerprint density at radius 1 is 1.39 bits per heavy atom. The molecule has 0 aromatic carbocycles. The highest BCUT2D eigenvalue weighted by atomic mass is 32.1. The lowest BCUT2D eigenvalue weighted by molar-refractivity contribution is 0.159. The summed E-state index contributed by atoms with van der Waals surface area (Å²) in [4.78, 5) is 11.4. The minimum absolute atomic E-state index is 0.529. The smallest absolute Gasteiger partial charge is 0.183 e. The number of nitrogens with zero attached hydrogens (tertiary/aromatic N) is 3. The fourth-order valence-electron chi connectivity index (χ4n) is 2.89. The lowest BCUT2D eigenvalue weighted by Gasteiger charge is -2.32. The zero-order chi connectivity index (χ0) is 15.9. The normalized spacial score (nSPS) is 16.6. The van der Waals surface area contributed by atoms with Gasteiger partial charge in [0.25, 0.3) is 0 Å². The van der Waals surface area contributed by atoms with E-state index in [1.807, 2.05) is 18.3 Å². The van der Waals surface area contributed by atoms with E-state index in [9.17, 15) is 0 Å². The van der Waals surface area contributed by atoms with Crippen LogP contribution in [0.15, 0.2) is 29.9 Å². The Bertz CT molecular complexity index is 581. The van der Waals surface area contributed by atoms with Gasteiger partial charge < -0.3 is 15.0 Å². The van der Waals surface area contributed by atoms with E-state index in [1.54, 1.807) is 24.6 Å². The van der Waals surface area contributed by atoms with Crippen LogP contribution < -0.4 is 5.32 Å². The fraction of sp³-hybridized carbons (Fsp3) is 0.529. The van der Waals surface area contributed by atoms with Crippen molar-refractivity contribution in [3.05, 3.63) is 29.9 Å². The minimum Gasteiger partial charge on any atom is -0.385 e. The number of hydrogen-bond donors (Lipinski definition) is 1. The molecule has 23 heavy (non-hydrogen) atoms. The fourth-order valence-corrected chi connectivity index (χ4v) is 3.69. The zero-order valence-electron chi connectivity index (χ0n) is 13.6. The summed E-state index contributed by atoms with van der Waals surface area (Å²) in [5.74, 6) is 0. The van der Waals surface area contributed by atoms with Gasteiger partial charge in [0.1, 0.15) is 0 Å². The molecule has 1 fully saturated rings. The molecule has 0 radical (unpaired) electrons. The Labute approximate surface area is 141 Å². The largest absolute Gasteiger partial charge is 0.385 e. The molecule has 5 nitrogen and oxygen atoms in total. The van der Waals surface area contributed by atoms with Crippen molar-refractivity contribution in [2.24, 2.45) is 0 Å². The first-order valence-corrected chi connectivity index (χ1v) is 9.07. The molecule has 1 N–H and O–H groups in total. The molecule has 0 spiro atoms. The van der Waals surface area contributed by atoms with Crippen LogP contribution in [-0.2, 0) is 4.74 Å². The van der Waals surface area contributed by atoms with Gasteiger partial charge in [0.2, 0.25) is 0 Å². The summed E-state index contributed by atoms with van der Waals surface area (Å²) in [6.45, 7) is 4.31. The molecular weight excluding hydrogens is 308 g/mol. The van der Waals surface area contributed by atoms with Gasteiger partial charge in [-0.2, -0.15) is 0 Å². The number of piperidine rings is 1. The second-order valence-electron chi connectivity index (χ2n) is 5.89. The number of likely N-dealkylation sites (tertiary alicyclic amines) is 1. The maximum absolute atomic E-state index is 5.12. The van der Waals surface area contributed by atoms with Crippen LogP contribution in [0.1, 0.15) is 19.3 Å². The first kappa shape index (κ1) is 16.4. The lowest BCUT2D eigenvalue weighted by Crippen LogP contribution is -2.39. The Morgan fingerprint density at radius 3 is 3.00 bits per heavy atom. The topological polar surface area (TPSA) is 50.3 Å². The molecular formula is C17H24N4OS. The SMILES string of the molecule is COCCCN1CCC(Nc2nc(-c3cccnc3)cs2)CC1. The molecule has 0 unspecified atom stereocenters. The number of methoxy groups -OCH3 is 1. The second-order valence-corrected chi connectivity index (χ2v) is 6.74. The van der Waals surface area contributed by atoms with Gasteiger partial charge in [-0.3, -0.25) is 4.98 Å². The summed E-state index contributed by atoms with van der Waals surface area (Å²) in [5, 5.41) is 6.71. The van der Waals surface area contributed by atoms with E-state index in [0.29, 0.717) is 6.04 Å². The van der Waals surface area contributed by atoms with E-state index in [-0.39, 0.29) is 0 Å². The van der Waals surface area contributed by atoms with Crippen molar-refractivity contribution in [1.82, 2.24) is 14.9 Å². The average molecular weight is 332 g/mol. The third-order valence-corrected chi connectivity index (χ3v) is 4.97. The van der Waals surface area contributed by atoms with Gasteiger partial charge in [0.05, 0.1) is 5.69 Å². The first-order chi connectivity index (χ1) is 11.3. The van der Waals surface area contributed by atoms with E-state index in [1.165, 1.54) is 12.8 Å². The van der Waals surface area contributed by atoms with Crippen LogP contribution in [0, 0.1) is 0 Å². The molecule has 0 atom stereocenters. The summed E-state index contributed by atoms with van der Waals surface area (Å²) in [6.07, 6.45) is 7.12. The highest BCUT2D eigenvalue weighted by Crippen LogP contribution is 2.26. The molecule has 1 aliphatic heterocycles. The van der Waals surface area contributed by atoms with Crippen molar-refractivity contribution in [1.29, 1.82) is 0 Å². The Kier molecular flexibility index (Phi) is 5.96. The molecule has 1 aliphatic rings. The molecule has 124 valence electrons. The van der Waals surface area contributed by atoms with Crippen molar-refractivity contribution < 1.29 is 4.74 Å². The molecule has 0 saturated carbocycles. The lowest BCUT2D eigenvalue weighted by atomic mass is 10.1. The quantitative estimate of drug-likeness (QED) is 0.790. The molecule has 2 aromatic heterocycles. The molecule has 0 amide bonds. The van der Waals surface area contributed by atoms with Crippen molar-refractivity contribution in [3.63, 3.8) is 0 Å². The number of pyridine rings is 1. The van der Waals surface area contributed by atoms with Crippen LogP contribution in [0.25, 0.3) is 11.3 Å². The van der Waals surface area contributed by atoms with Gasteiger partial charge >= 0.3 is 0 Å². The molecule has 6 heteroatoms. The highest BCUT2D eigenvalue weighted by Gasteiger charge is 2.19. The zero-order valence-corrected chi connectivity index (χ0v) is 14.4. The number of anilines is 1. The number of ether oxygens (including phenoxy) is 1. The van der Waals surface area contributed by atoms with Crippen LogP contribution in [-0.4, -0.2) is 54.3 Å². The first-order valence-electron chi connectivity index (χ1n) is 8.19. The van der Waals surface area contributed by atoms with Crippen LogP contribution >= 0.6 is 11.3 Å². The average Bonchev–Trinajstić information content (AvgIpc) is 3.06. The number of hydrogen-bond acceptors (Lipinski definition) is 6. The Morgan fingerprint density at radius 2 is 2.26 bits per heavy atom. The van der Waals surface area contributed by atoms with Crippen molar-refractivity contribution in [2.45, 2.75) is 25.3 Å². The molecule has 2 aromatic rings. The monoisotopic (exact) mass is 332 g/mol. The third kappa shape index (κ3) is 4.73. The summed E-state index contributed by atoms with van der Waals surface area (Å²) >= 11 is 1.68. The predicted molar refractivity (Wildman–Crippen MR) is 94.9 cm³/mol. The summed E-state index contributed by atoms with van der Waals surface area (Å²) in [5.41, 5.74) is 2.08. The van der Waals surface area contributed by atoms with Crippen LogP contribution in [0.5, 0.6) is 0 Å². The second kappa shape index (κ2) is 8.38. The van der Waals surface area contributed by atoms with Gasteiger partial charge in [0.15, 0.2) is 5.13 Å². The van der Waals surface area contributed by atoms with Crippen LogP contribution in [0.2, 0.25) is 0 Å². The Hall–Kier alpha value is -1.50. The van der Waals surface area contributed by atoms with Gasteiger partial charge in [-0.15, -0.1) is 11.3 Å². The maximum Gasteiger partial charge on any atom is 0.183 e. The van der Waals surface area contributed by atoms with Crippen molar-refractivity contribution in [2.75, 3.05) is 38.7 Å². The highest BCUT2D eigenvalue weighted by molar-refractivity contribution is 7.14. The molecule has 3 heterocycles. The molecule has 1 saturated heterocycles. The van der Waals surface area contributed by atoms with Gasteiger partial charge in [0, 0.05) is 62.7 Å². The third-order valence-electron chi connectivity index (χ3n) is 4.20. The van der Waals surface area contributed by atoms with E-state index in [2.05, 4.69) is 20.6 Å². The summed E-state index contributed by atoms with van der Waals surface area (Å²) in [7, 11) is 1.77. The number of thiazole rings is 1. The van der Waals surface area contributed by atoms with E-state index < -0.39 is 0 Å². The number of nitrogens with one attached hydrogen (secondary N) is 1. The van der Waals surface area contributed by atoms with Gasteiger partial charge in [-0.1, -0.05) is 0 Å². The molecule has 0 aliphatic carbocycles. The van der Waals surface area contributed by atoms with E-state index in [0.717, 1.165) is 49.1 Å². The number of aromatic nitrogens is 2. The van der Waals surface area contributed by atoms with E-state index >= 15 is 0 Å². The predicted octanol–water partition coefficient (Wildman–Crippen LogP) is 3.12. The van der Waals surface area contributed by atoms with Crippen molar-refractivity contribution >= 4 is 16.5 Å². The Balaban J connectivity index is 1.47. The maximum atomic E-state index is 5.12. The van der Waals surface area contributed by atoms with Crippen LogP contribution in [0.4, 0.5) is 5.13 Å². The molecule has 3 rings (SSSR count). The minimum atomic E-state index is 0.529. The standard InChI is InChI=1S/C17H24N4OS/c1-22-11-3-8-21-9-5-15(6-10-21)19-17-20-16(13-23-17)14-4-2-7-18-12-14/h2,4,7,12-13,15H,3,5-6,8-11H2,1H3,(H,19,20). The number of rotatable bonds is 7. The van der Waals surface area contributed by atoms with Crippen molar-refractivity contribution in [3.8, 4) is 11.3 Å². The summed E-state index contributed by atoms with van der Waals surface area (Å²) in [6, 6.07) is 4.52. The van der Waals surface area contributed by atoms with Gasteiger partial charge in [-0.05, 0) is 31.4 Å². The van der Waals surface area contributed by atoms with E-state index in [4.69, 9.17) is 9.72 Å². The molecule has 0 bridgehead atoms. The van der Waals surface area contributed by atoms with Crippen LogP contribution in [0.3, 0.4) is 0 Å². The summed E-state index contributed by atoms with van der Waals surface area (Å²) < 4.78 is 5.12.